The lowest BCUT2D eigenvalue weighted by Crippen LogP contribution is -2.16. The van der Waals surface area contributed by atoms with Crippen molar-refractivity contribution in [3.63, 3.8) is 0 Å². The zero-order chi connectivity index (χ0) is 14.8. The maximum Gasteiger partial charge on any atom is 0.0760 e. The molecule has 0 amide bonds. The van der Waals surface area contributed by atoms with Crippen molar-refractivity contribution in [1.29, 1.82) is 0 Å². The van der Waals surface area contributed by atoms with E-state index in [1.54, 1.807) is 0 Å². The smallest absolute Gasteiger partial charge is 0.0760 e. The van der Waals surface area contributed by atoms with Gasteiger partial charge in [-0.1, -0.05) is 39.0 Å². The number of fused-ring (bicyclic) bond motifs is 2. The summed E-state index contributed by atoms with van der Waals surface area (Å²) in [6.45, 7) is 9.10. The standard InChI is InChI=1S/C18H24N2O/c1-4-9-19-17-14-7-5-6-13(12(2)3)18(14)20-16-8-10-21-11-15(16)17/h5-7,12H,4,8-11H2,1-3H3,(H,19,20). The molecule has 112 valence electrons. The fourth-order valence-electron chi connectivity index (χ4n) is 3.02. The van der Waals surface area contributed by atoms with E-state index in [1.807, 2.05) is 0 Å². The first-order chi connectivity index (χ1) is 10.2. The zero-order valence-corrected chi connectivity index (χ0v) is 13.2. The van der Waals surface area contributed by atoms with Crippen LogP contribution in [0.25, 0.3) is 10.9 Å². The molecule has 0 unspecified atom stereocenters. The SMILES string of the molecule is CCCNc1c2c(nc3c(C(C)C)cccc13)CCOC2. The van der Waals surface area contributed by atoms with Crippen LogP contribution in [0, 0.1) is 0 Å². The summed E-state index contributed by atoms with van der Waals surface area (Å²) < 4.78 is 5.66. The Bertz CT molecular complexity index is 649. The molecule has 2 aromatic rings. The second-order valence-electron chi connectivity index (χ2n) is 6.04. The van der Waals surface area contributed by atoms with Crippen LogP contribution >= 0.6 is 0 Å². The summed E-state index contributed by atoms with van der Waals surface area (Å²) in [5, 5.41) is 4.85. The van der Waals surface area contributed by atoms with Crippen molar-refractivity contribution in [2.24, 2.45) is 0 Å². The largest absolute Gasteiger partial charge is 0.384 e. The van der Waals surface area contributed by atoms with E-state index >= 15 is 0 Å². The number of pyridine rings is 1. The van der Waals surface area contributed by atoms with E-state index < -0.39 is 0 Å². The number of hydrogen-bond donors (Lipinski definition) is 1. The highest BCUT2D eigenvalue weighted by Gasteiger charge is 2.20. The number of hydrogen-bond acceptors (Lipinski definition) is 3. The summed E-state index contributed by atoms with van der Waals surface area (Å²) in [5.74, 6) is 0.484. The molecule has 0 saturated carbocycles. The molecule has 0 bridgehead atoms. The van der Waals surface area contributed by atoms with Crippen LogP contribution in [0.1, 0.15) is 49.9 Å². The Kier molecular flexibility index (Phi) is 4.11. The maximum atomic E-state index is 5.66. The van der Waals surface area contributed by atoms with Gasteiger partial charge in [-0.05, 0) is 17.9 Å². The molecular formula is C18H24N2O. The van der Waals surface area contributed by atoms with Crippen molar-refractivity contribution in [3.05, 3.63) is 35.0 Å². The molecule has 1 aromatic carbocycles. The maximum absolute atomic E-state index is 5.66. The van der Waals surface area contributed by atoms with Crippen LogP contribution in [-0.2, 0) is 17.8 Å². The van der Waals surface area contributed by atoms with Crippen molar-refractivity contribution in [2.75, 3.05) is 18.5 Å². The molecule has 1 N–H and O–H groups in total. The molecular weight excluding hydrogens is 260 g/mol. The molecule has 1 aliphatic rings. The van der Waals surface area contributed by atoms with Gasteiger partial charge in [-0.3, -0.25) is 4.98 Å². The summed E-state index contributed by atoms with van der Waals surface area (Å²) in [5.41, 5.74) is 6.19. The van der Waals surface area contributed by atoms with Crippen LogP contribution in [0.5, 0.6) is 0 Å². The first-order valence-corrected chi connectivity index (χ1v) is 7.98. The Hall–Kier alpha value is -1.61. The van der Waals surface area contributed by atoms with Gasteiger partial charge in [-0.25, -0.2) is 0 Å². The van der Waals surface area contributed by atoms with E-state index in [0.717, 1.165) is 31.5 Å². The third kappa shape index (κ3) is 2.62. The number of para-hydroxylation sites is 1. The lowest BCUT2D eigenvalue weighted by atomic mass is 9.96. The minimum atomic E-state index is 0.484. The Morgan fingerprint density at radius 2 is 2.19 bits per heavy atom. The third-order valence-corrected chi connectivity index (χ3v) is 4.14. The number of anilines is 1. The van der Waals surface area contributed by atoms with Crippen LogP contribution in [0.3, 0.4) is 0 Å². The second-order valence-corrected chi connectivity index (χ2v) is 6.04. The molecule has 0 saturated heterocycles. The van der Waals surface area contributed by atoms with Gasteiger partial charge in [-0.15, -0.1) is 0 Å². The Balaban J connectivity index is 2.25. The molecule has 0 aliphatic carbocycles. The van der Waals surface area contributed by atoms with Crippen molar-refractivity contribution < 1.29 is 4.74 Å². The second kappa shape index (κ2) is 6.02. The predicted octanol–water partition coefficient (Wildman–Crippen LogP) is 4.25. The molecule has 21 heavy (non-hydrogen) atoms. The molecule has 0 spiro atoms. The van der Waals surface area contributed by atoms with Crippen molar-refractivity contribution in [1.82, 2.24) is 4.98 Å². The number of rotatable bonds is 4. The third-order valence-electron chi connectivity index (χ3n) is 4.14. The number of nitrogens with one attached hydrogen (secondary N) is 1. The number of benzene rings is 1. The van der Waals surface area contributed by atoms with Gasteiger partial charge in [0.15, 0.2) is 0 Å². The van der Waals surface area contributed by atoms with E-state index in [-0.39, 0.29) is 0 Å². The molecule has 0 atom stereocenters. The van der Waals surface area contributed by atoms with Gasteiger partial charge in [0.25, 0.3) is 0 Å². The van der Waals surface area contributed by atoms with Crippen molar-refractivity contribution >= 4 is 16.6 Å². The highest BCUT2D eigenvalue weighted by Crippen LogP contribution is 2.34. The topological polar surface area (TPSA) is 34.2 Å². The fraction of sp³-hybridized carbons (Fsp3) is 0.500. The van der Waals surface area contributed by atoms with Gasteiger partial charge in [0.05, 0.1) is 30.1 Å². The minimum absolute atomic E-state index is 0.484. The highest BCUT2D eigenvalue weighted by atomic mass is 16.5. The van der Waals surface area contributed by atoms with Gasteiger partial charge in [0.2, 0.25) is 0 Å². The summed E-state index contributed by atoms with van der Waals surface area (Å²) in [7, 11) is 0. The molecule has 1 aromatic heterocycles. The fourth-order valence-corrected chi connectivity index (χ4v) is 3.02. The van der Waals surface area contributed by atoms with E-state index in [1.165, 1.54) is 27.9 Å². The van der Waals surface area contributed by atoms with Gasteiger partial charge in [-0.2, -0.15) is 0 Å². The van der Waals surface area contributed by atoms with Crippen LogP contribution in [0.4, 0.5) is 5.69 Å². The van der Waals surface area contributed by atoms with E-state index in [0.29, 0.717) is 12.5 Å². The van der Waals surface area contributed by atoms with Gasteiger partial charge in [0, 0.05) is 23.9 Å². The van der Waals surface area contributed by atoms with E-state index in [9.17, 15) is 0 Å². The van der Waals surface area contributed by atoms with Gasteiger partial charge in [0.1, 0.15) is 0 Å². The quantitative estimate of drug-likeness (QED) is 0.911. The van der Waals surface area contributed by atoms with Crippen LogP contribution in [0.2, 0.25) is 0 Å². The normalized spacial score (nSPS) is 14.5. The minimum Gasteiger partial charge on any atom is -0.384 e. The Labute approximate surface area is 126 Å². The van der Waals surface area contributed by atoms with Crippen LogP contribution in [-0.4, -0.2) is 18.1 Å². The highest BCUT2D eigenvalue weighted by molar-refractivity contribution is 5.95. The average Bonchev–Trinajstić information content (AvgIpc) is 2.50. The molecule has 0 fully saturated rings. The van der Waals surface area contributed by atoms with Crippen LogP contribution < -0.4 is 5.32 Å². The summed E-state index contributed by atoms with van der Waals surface area (Å²) in [6.07, 6.45) is 2.03. The predicted molar refractivity (Wildman–Crippen MR) is 88.0 cm³/mol. The summed E-state index contributed by atoms with van der Waals surface area (Å²) in [4.78, 5) is 4.99. The number of nitrogens with zero attached hydrogens (tertiary/aromatic N) is 1. The lowest BCUT2D eigenvalue weighted by Gasteiger charge is -2.23. The first kappa shape index (κ1) is 14.3. The van der Waals surface area contributed by atoms with Gasteiger partial charge >= 0.3 is 0 Å². The molecule has 0 radical (unpaired) electrons. The van der Waals surface area contributed by atoms with E-state index in [2.05, 4.69) is 44.3 Å². The molecule has 2 heterocycles. The zero-order valence-electron chi connectivity index (χ0n) is 13.2. The van der Waals surface area contributed by atoms with Gasteiger partial charge < -0.3 is 10.1 Å². The number of aromatic nitrogens is 1. The van der Waals surface area contributed by atoms with Crippen molar-refractivity contribution in [2.45, 2.75) is 46.1 Å². The van der Waals surface area contributed by atoms with Crippen molar-refractivity contribution in [3.8, 4) is 0 Å². The number of ether oxygens (including phenoxy) is 1. The lowest BCUT2D eigenvalue weighted by molar-refractivity contribution is 0.110. The van der Waals surface area contributed by atoms with E-state index in [4.69, 9.17) is 9.72 Å². The summed E-state index contributed by atoms with van der Waals surface area (Å²) in [6, 6.07) is 6.53. The Morgan fingerprint density at radius 3 is 2.95 bits per heavy atom. The molecule has 3 rings (SSSR count). The molecule has 1 aliphatic heterocycles. The van der Waals surface area contributed by atoms with Crippen LogP contribution in [0.15, 0.2) is 18.2 Å². The Morgan fingerprint density at radius 1 is 1.33 bits per heavy atom. The first-order valence-electron chi connectivity index (χ1n) is 7.98. The average molecular weight is 284 g/mol. The molecule has 3 heteroatoms. The summed E-state index contributed by atoms with van der Waals surface area (Å²) >= 11 is 0. The molecule has 3 nitrogen and oxygen atoms in total. The monoisotopic (exact) mass is 284 g/mol.